The summed E-state index contributed by atoms with van der Waals surface area (Å²) in [6.45, 7) is 3.51. The van der Waals surface area contributed by atoms with Crippen LogP contribution in [0.1, 0.15) is 15.9 Å². The van der Waals surface area contributed by atoms with Gasteiger partial charge in [-0.25, -0.2) is 4.79 Å². The predicted molar refractivity (Wildman–Crippen MR) is 98.8 cm³/mol. The zero-order valence-electron chi connectivity index (χ0n) is 14.8. The molecule has 0 atom stereocenters. The minimum Gasteiger partial charge on any atom is -0.493 e. The van der Waals surface area contributed by atoms with E-state index in [4.69, 9.17) is 9.47 Å². The van der Waals surface area contributed by atoms with Crippen LogP contribution < -0.4 is 14.8 Å². The lowest BCUT2D eigenvalue weighted by molar-refractivity contribution is -0.118. The fraction of sp³-hybridized carbons (Fsp3) is 0.200. The molecule has 2 aromatic rings. The largest absolute Gasteiger partial charge is 0.493 e. The Kier molecular flexibility index (Phi) is 6.79. The number of carbonyl (C=O) groups is 2. The average Bonchev–Trinajstić information content (AvgIpc) is 2.66. The van der Waals surface area contributed by atoms with Gasteiger partial charge in [-0.1, -0.05) is 18.2 Å². The van der Waals surface area contributed by atoms with E-state index in [0.717, 1.165) is 5.56 Å². The van der Waals surface area contributed by atoms with Gasteiger partial charge in [0.2, 0.25) is 0 Å². The van der Waals surface area contributed by atoms with E-state index >= 15 is 0 Å². The molecule has 0 bridgehead atoms. The Labute approximate surface area is 152 Å². The molecule has 0 fully saturated rings. The van der Waals surface area contributed by atoms with Gasteiger partial charge in [-0.15, -0.1) is 6.58 Å². The Bertz CT molecular complexity index is 801. The highest BCUT2D eigenvalue weighted by Crippen LogP contribution is 2.28. The fourth-order valence-electron chi connectivity index (χ4n) is 2.31. The third-order valence-corrected chi connectivity index (χ3v) is 3.53. The molecule has 26 heavy (non-hydrogen) atoms. The number of hydrogen-bond donors (Lipinski definition) is 1. The van der Waals surface area contributed by atoms with Gasteiger partial charge < -0.3 is 19.5 Å². The Morgan fingerprint density at radius 1 is 1.12 bits per heavy atom. The number of benzene rings is 2. The highest BCUT2D eigenvalue weighted by Gasteiger charge is 2.10. The van der Waals surface area contributed by atoms with Crippen LogP contribution in [0.3, 0.4) is 0 Å². The summed E-state index contributed by atoms with van der Waals surface area (Å²) in [6, 6.07) is 12.0. The van der Waals surface area contributed by atoms with Gasteiger partial charge in [-0.05, 0) is 42.3 Å². The fourth-order valence-corrected chi connectivity index (χ4v) is 2.31. The van der Waals surface area contributed by atoms with Crippen molar-refractivity contribution in [2.75, 3.05) is 26.1 Å². The van der Waals surface area contributed by atoms with Gasteiger partial charge >= 0.3 is 5.97 Å². The summed E-state index contributed by atoms with van der Waals surface area (Å²) in [5.41, 5.74) is 1.87. The molecule has 1 N–H and O–H groups in total. The summed E-state index contributed by atoms with van der Waals surface area (Å²) in [5.74, 6) is 0.189. The van der Waals surface area contributed by atoms with Gasteiger partial charge in [0.25, 0.3) is 5.91 Å². The van der Waals surface area contributed by atoms with Crippen molar-refractivity contribution in [2.45, 2.75) is 6.42 Å². The summed E-state index contributed by atoms with van der Waals surface area (Å²) in [5, 5.41) is 2.67. The van der Waals surface area contributed by atoms with E-state index in [2.05, 4.69) is 16.6 Å². The summed E-state index contributed by atoms with van der Waals surface area (Å²) in [4.78, 5) is 23.6. The first-order chi connectivity index (χ1) is 12.6. The lowest BCUT2D eigenvalue weighted by Gasteiger charge is -2.12. The van der Waals surface area contributed by atoms with Gasteiger partial charge in [0, 0.05) is 5.69 Å². The summed E-state index contributed by atoms with van der Waals surface area (Å²) in [7, 11) is 2.84. The number of nitrogens with one attached hydrogen (secondary N) is 1. The van der Waals surface area contributed by atoms with Gasteiger partial charge in [0.15, 0.2) is 18.1 Å². The van der Waals surface area contributed by atoms with Crippen molar-refractivity contribution < 1.29 is 23.8 Å². The average molecular weight is 355 g/mol. The van der Waals surface area contributed by atoms with Crippen molar-refractivity contribution in [2.24, 2.45) is 0 Å². The van der Waals surface area contributed by atoms with E-state index in [-0.39, 0.29) is 12.5 Å². The monoisotopic (exact) mass is 355 g/mol. The number of allylic oxidation sites excluding steroid dienone is 1. The molecule has 2 rings (SSSR count). The molecule has 6 nitrogen and oxygen atoms in total. The molecule has 0 saturated carbocycles. The first kappa shape index (κ1) is 19.1. The van der Waals surface area contributed by atoms with E-state index in [1.165, 1.54) is 20.3 Å². The van der Waals surface area contributed by atoms with Crippen molar-refractivity contribution in [3.63, 3.8) is 0 Å². The molecule has 0 unspecified atom stereocenters. The number of rotatable bonds is 8. The Morgan fingerprint density at radius 2 is 1.92 bits per heavy atom. The van der Waals surface area contributed by atoms with Crippen molar-refractivity contribution in [1.82, 2.24) is 0 Å². The van der Waals surface area contributed by atoms with Crippen LogP contribution in [0.2, 0.25) is 0 Å². The van der Waals surface area contributed by atoms with E-state index in [1.807, 2.05) is 12.1 Å². The highest BCUT2D eigenvalue weighted by atomic mass is 16.5. The lowest BCUT2D eigenvalue weighted by Crippen LogP contribution is -2.20. The van der Waals surface area contributed by atoms with Crippen molar-refractivity contribution in [1.29, 1.82) is 0 Å². The number of esters is 1. The van der Waals surface area contributed by atoms with Gasteiger partial charge in [0.1, 0.15) is 0 Å². The normalized spacial score (nSPS) is 9.92. The number of carbonyl (C=O) groups excluding carboxylic acids is 2. The van der Waals surface area contributed by atoms with E-state index in [0.29, 0.717) is 29.2 Å². The maximum atomic E-state index is 12.1. The summed E-state index contributed by atoms with van der Waals surface area (Å²) >= 11 is 0. The molecule has 0 heterocycles. The third-order valence-electron chi connectivity index (χ3n) is 3.53. The minimum atomic E-state index is -0.471. The first-order valence-corrected chi connectivity index (χ1v) is 7.96. The topological polar surface area (TPSA) is 73.9 Å². The first-order valence-electron chi connectivity index (χ1n) is 7.96. The van der Waals surface area contributed by atoms with E-state index in [9.17, 15) is 9.59 Å². The second-order valence-electron chi connectivity index (χ2n) is 5.39. The second kappa shape index (κ2) is 9.27. The van der Waals surface area contributed by atoms with Crippen molar-refractivity contribution in [3.8, 4) is 11.5 Å². The molecule has 0 spiro atoms. The van der Waals surface area contributed by atoms with Crippen LogP contribution in [0.15, 0.2) is 55.1 Å². The zero-order chi connectivity index (χ0) is 18.9. The molecule has 6 heteroatoms. The van der Waals surface area contributed by atoms with Crippen LogP contribution in [-0.4, -0.2) is 32.7 Å². The Morgan fingerprint density at radius 3 is 2.62 bits per heavy atom. The van der Waals surface area contributed by atoms with Crippen LogP contribution in [0.5, 0.6) is 11.5 Å². The van der Waals surface area contributed by atoms with E-state index in [1.54, 1.807) is 30.3 Å². The minimum absolute atomic E-state index is 0.195. The van der Waals surface area contributed by atoms with Crippen LogP contribution in [-0.2, 0) is 16.0 Å². The molecule has 0 aliphatic heterocycles. The zero-order valence-corrected chi connectivity index (χ0v) is 14.8. The van der Waals surface area contributed by atoms with Crippen LogP contribution in [0.25, 0.3) is 0 Å². The number of methoxy groups -OCH3 is 2. The van der Waals surface area contributed by atoms with Gasteiger partial charge in [0.05, 0.1) is 19.8 Å². The van der Waals surface area contributed by atoms with Crippen LogP contribution >= 0.6 is 0 Å². The molecule has 2 aromatic carbocycles. The number of ether oxygens (including phenoxy) is 3. The van der Waals surface area contributed by atoms with Crippen LogP contribution in [0.4, 0.5) is 5.69 Å². The lowest BCUT2D eigenvalue weighted by atomic mass is 10.1. The molecule has 0 aliphatic rings. The molecule has 0 aromatic heterocycles. The van der Waals surface area contributed by atoms with E-state index < -0.39 is 5.97 Å². The summed E-state index contributed by atoms with van der Waals surface area (Å²) in [6.07, 6.45) is 2.51. The number of amides is 1. The molecule has 1 amide bonds. The SMILES string of the molecule is C=CCc1ccc(OCC(=O)Nc2cccc(C(=O)OC)c2)c(OC)c1. The quantitative estimate of drug-likeness (QED) is 0.581. The van der Waals surface area contributed by atoms with Crippen molar-refractivity contribution >= 4 is 17.6 Å². The number of hydrogen-bond acceptors (Lipinski definition) is 5. The predicted octanol–water partition coefficient (Wildman–Crippen LogP) is 3.23. The van der Waals surface area contributed by atoms with Gasteiger partial charge in [-0.2, -0.15) is 0 Å². The van der Waals surface area contributed by atoms with Crippen LogP contribution in [0, 0.1) is 0 Å². The molecule has 0 aliphatic carbocycles. The molecular weight excluding hydrogens is 334 g/mol. The summed E-state index contributed by atoms with van der Waals surface area (Å²) < 4.78 is 15.5. The van der Waals surface area contributed by atoms with Crippen molar-refractivity contribution in [3.05, 3.63) is 66.2 Å². The standard InChI is InChI=1S/C20H21NO5/c1-4-6-14-9-10-17(18(11-14)24-2)26-13-19(22)21-16-8-5-7-15(12-16)20(23)25-3/h4-5,7-12H,1,6,13H2,2-3H3,(H,21,22). The number of anilines is 1. The maximum Gasteiger partial charge on any atom is 0.337 e. The highest BCUT2D eigenvalue weighted by molar-refractivity contribution is 5.95. The van der Waals surface area contributed by atoms with Gasteiger partial charge in [-0.3, -0.25) is 4.79 Å². The molecule has 0 radical (unpaired) electrons. The smallest absolute Gasteiger partial charge is 0.337 e. The maximum absolute atomic E-state index is 12.1. The molecule has 136 valence electrons. The molecular formula is C20H21NO5. The Hall–Kier alpha value is -3.28. The third kappa shape index (κ3) is 5.11. The second-order valence-corrected chi connectivity index (χ2v) is 5.39. The molecule has 0 saturated heterocycles. The Balaban J connectivity index is 1.99.